The molecule has 4 rings (SSSR count). The van der Waals surface area contributed by atoms with Gasteiger partial charge in [0, 0.05) is 41.1 Å². The van der Waals surface area contributed by atoms with Gasteiger partial charge in [0.05, 0.1) is 12.1 Å². The lowest BCUT2D eigenvalue weighted by atomic mass is 10.0. The molecule has 6 nitrogen and oxygen atoms in total. The van der Waals surface area contributed by atoms with Crippen LogP contribution in [-0.2, 0) is 17.9 Å². The molecular weight excluding hydrogens is 366 g/mol. The van der Waals surface area contributed by atoms with Crippen molar-refractivity contribution in [2.24, 2.45) is 11.5 Å². The van der Waals surface area contributed by atoms with Crippen molar-refractivity contribution in [3.05, 3.63) is 82.9 Å². The van der Waals surface area contributed by atoms with E-state index in [-0.39, 0.29) is 0 Å². The highest BCUT2D eigenvalue weighted by Gasteiger charge is 2.17. The number of carbonyl (C=O) groups is 2. The Morgan fingerprint density at radius 3 is 2.41 bits per heavy atom. The summed E-state index contributed by atoms with van der Waals surface area (Å²) in [5, 5.41) is 1.77. The van der Waals surface area contributed by atoms with Crippen LogP contribution in [0.15, 0.2) is 60.7 Å². The normalized spacial score (nSPS) is 11.2. The highest BCUT2D eigenvalue weighted by Crippen LogP contribution is 2.33. The van der Waals surface area contributed by atoms with Gasteiger partial charge in [0.1, 0.15) is 0 Å². The topological polar surface area (TPSA) is 100 Å². The Kier molecular flexibility index (Phi) is 4.78. The summed E-state index contributed by atoms with van der Waals surface area (Å²) >= 11 is 0. The van der Waals surface area contributed by atoms with E-state index in [2.05, 4.69) is 10.6 Å². The van der Waals surface area contributed by atoms with Gasteiger partial charge in [0.2, 0.25) is 11.8 Å². The molecule has 0 spiro atoms. The second kappa shape index (κ2) is 7.41. The standard InChI is InChI=1S/C23H21N3O3/c1-29-13-15-8-9-17-20(11-15)26(12-14-4-2-5-16(10-14)22(24)27)19-7-3-6-18(21(17)19)23(25)28/h2-11H,12-13H2,1H3,(H2,24,27)(H2,25,28). The molecule has 29 heavy (non-hydrogen) atoms. The van der Waals surface area contributed by atoms with Crippen LogP contribution in [0.3, 0.4) is 0 Å². The van der Waals surface area contributed by atoms with Crippen molar-refractivity contribution < 1.29 is 14.3 Å². The number of ether oxygens (including phenoxy) is 1. The van der Waals surface area contributed by atoms with Crippen molar-refractivity contribution >= 4 is 33.6 Å². The number of nitrogens with two attached hydrogens (primary N) is 2. The molecule has 4 N–H and O–H groups in total. The van der Waals surface area contributed by atoms with Crippen LogP contribution in [0.25, 0.3) is 21.8 Å². The van der Waals surface area contributed by atoms with E-state index >= 15 is 0 Å². The molecule has 2 amide bonds. The van der Waals surface area contributed by atoms with E-state index in [4.69, 9.17) is 16.2 Å². The molecule has 1 aromatic heterocycles. The molecule has 0 fully saturated rings. The summed E-state index contributed by atoms with van der Waals surface area (Å²) in [6.45, 7) is 0.997. The minimum atomic E-state index is -0.466. The van der Waals surface area contributed by atoms with Gasteiger partial charge in [-0.2, -0.15) is 0 Å². The van der Waals surface area contributed by atoms with Crippen LogP contribution in [0.4, 0.5) is 0 Å². The number of aromatic nitrogens is 1. The molecule has 6 heteroatoms. The highest BCUT2D eigenvalue weighted by atomic mass is 16.5. The Morgan fingerprint density at radius 1 is 0.897 bits per heavy atom. The first-order valence-corrected chi connectivity index (χ1v) is 9.21. The van der Waals surface area contributed by atoms with Crippen LogP contribution < -0.4 is 11.5 Å². The third-order valence-electron chi connectivity index (χ3n) is 5.08. The van der Waals surface area contributed by atoms with E-state index in [9.17, 15) is 9.59 Å². The number of hydrogen-bond acceptors (Lipinski definition) is 3. The average molecular weight is 387 g/mol. The number of hydrogen-bond donors (Lipinski definition) is 2. The van der Waals surface area contributed by atoms with Crippen molar-refractivity contribution in [2.75, 3.05) is 7.11 Å². The van der Waals surface area contributed by atoms with Crippen molar-refractivity contribution in [2.45, 2.75) is 13.2 Å². The Morgan fingerprint density at radius 2 is 1.69 bits per heavy atom. The summed E-state index contributed by atoms with van der Waals surface area (Å²) in [5.74, 6) is -0.932. The molecule has 146 valence electrons. The van der Waals surface area contributed by atoms with Crippen LogP contribution in [0.5, 0.6) is 0 Å². The first-order valence-electron chi connectivity index (χ1n) is 9.21. The lowest BCUT2D eigenvalue weighted by Crippen LogP contribution is -2.12. The number of primary amides is 2. The highest BCUT2D eigenvalue weighted by molar-refractivity contribution is 6.18. The number of fused-ring (bicyclic) bond motifs is 3. The van der Waals surface area contributed by atoms with Crippen molar-refractivity contribution in [3.8, 4) is 0 Å². The summed E-state index contributed by atoms with van der Waals surface area (Å²) in [6, 6.07) is 18.8. The SMILES string of the molecule is COCc1ccc2c3c(C(N)=O)cccc3n(Cc3cccc(C(N)=O)c3)c2c1. The zero-order valence-corrected chi connectivity index (χ0v) is 16.0. The number of amides is 2. The summed E-state index contributed by atoms with van der Waals surface area (Å²) in [6.07, 6.45) is 0. The summed E-state index contributed by atoms with van der Waals surface area (Å²) < 4.78 is 7.40. The van der Waals surface area contributed by atoms with Gasteiger partial charge >= 0.3 is 0 Å². The molecule has 0 saturated carbocycles. The fraction of sp³-hybridized carbons (Fsp3) is 0.130. The molecule has 3 aromatic carbocycles. The minimum absolute atomic E-state index is 0.459. The number of rotatable bonds is 6. The third kappa shape index (κ3) is 3.34. The monoisotopic (exact) mass is 387 g/mol. The fourth-order valence-corrected chi connectivity index (χ4v) is 3.83. The maximum Gasteiger partial charge on any atom is 0.249 e. The number of nitrogens with zero attached hydrogens (tertiary/aromatic N) is 1. The van der Waals surface area contributed by atoms with Gasteiger partial charge in [0.25, 0.3) is 0 Å². The van der Waals surface area contributed by atoms with Gasteiger partial charge in [-0.25, -0.2) is 0 Å². The lowest BCUT2D eigenvalue weighted by molar-refractivity contribution is 0.0992. The van der Waals surface area contributed by atoms with Crippen molar-refractivity contribution in [1.29, 1.82) is 0 Å². The Labute approximate surface area is 167 Å². The molecule has 0 aliphatic rings. The number of methoxy groups -OCH3 is 1. The maximum absolute atomic E-state index is 12.1. The van der Waals surface area contributed by atoms with Crippen molar-refractivity contribution in [3.63, 3.8) is 0 Å². The molecule has 0 atom stereocenters. The van der Waals surface area contributed by atoms with Gasteiger partial charge in [-0.1, -0.05) is 30.3 Å². The lowest BCUT2D eigenvalue weighted by Gasteiger charge is -2.10. The van der Waals surface area contributed by atoms with Crippen LogP contribution in [0.1, 0.15) is 31.8 Å². The largest absolute Gasteiger partial charge is 0.380 e. The van der Waals surface area contributed by atoms with E-state index in [1.807, 2.05) is 36.4 Å². The molecule has 4 aromatic rings. The van der Waals surface area contributed by atoms with Crippen LogP contribution in [-0.4, -0.2) is 23.5 Å². The summed E-state index contributed by atoms with van der Waals surface area (Å²) in [7, 11) is 1.65. The fourth-order valence-electron chi connectivity index (χ4n) is 3.83. The second-order valence-electron chi connectivity index (χ2n) is 7.00. The van der Waals surface area contributed by atoms with Crippen LogP contribution in [0, 0.1) is 0 Å². The molecule has 0 aliphatic heterocycles. The van der Waals surface area contributed by atoms with Gasteiger partial charge in [0.15, 0.2) is 0 Å². The van der Waals surface area contributed by atoms with Gasteiger partial charge in [-0.3, -0.25) is 9.59 Å². The van der Waals surface area contributed by atoms with Gasteiger partial charge in [-0.15, -0.1) is 0 Å². The Hall–Kier alpha value is -3.64. The van der Waals surface area contributed by atoms with Crippen molar-refractivity contribution in [1.82, 2.24) is 4.57 Å². The molecule has 0 unspecified atom stereocenters. The van der Waals surface area contributed by atoms with E-state index in [0.717, 1.165) is 32.9 Å². The predicted octanol–water partition coefficient (Wildman–Crippen LogP) is 3.19. The molecule has 0 radical (unpaired) electrons. The molecule has 0 saturated heterocycles. The average Bonchev–Trinajstić information content (AvgIpc) is 3.01. The quantitative estimate of drug-likeness (QED) is 0.531. The third-order valence-corrected chi connectivity index (χ3v) is 5.08. The molecular formula is C23H21N3O3. The van der Waals surface area contributed by atoms with Crippen LogP contribution >= 0.6 is 0 Å². The van der Waals surface area contributed by atoms with Gasteiger partial charge < -0.3 is 20.8 Å². The molecule has 1 heterocycles. The predicted molar refractivity (Wildman–Crippen MR) is 113 cm³/mol. The number of carbonyl (C=O) groups excluding carboxylic acids is 2. The first-order chi connectivity index (χ1) is 14.0. The zero-order valence-electron chi connectivity index (χ0n) is 16.0. The summed E-state index contributed by atoms with van der Waals surface area (Å²) in [4.78, 5) is 23.6. The Balaban J connectivity index is 1.98. The number of benzene rings is 3. The van der Waals surface area contributed by atoms with E-state index in [0.29, 0.717) is 24.3 Å². The maximum atomic E-state index is 12.1. The molecule has 0 bridgehead atoms. The van der Waals surface area contributed by atoms with E-state index in [1.54, 1.807) is 25.3 Å². The molecule has 0 aliphatic carbocycles. The van der Waals surface area contributed by atoms with E-state index in [1.165, 1.54) is 0 Å². The van der Waals surface area contributed by atoms with E-state index < -0.39 is 11.8 Å². The zero-order chi connectivity index (χ0) is 20.5. The van der Waals surface area contributed by atoms with Crippen LogP contribution in [0.2, 0.25) is 0 Å². The first kappa shape index (κ1) is 18.7. The minimum Gasteiger partial charge on any atom is -0.380 e. The smallest absolute Gasteiger partial charge is 0.249 e. The second-order valence-corrected chi connectivity index (χ2v) is 7.00. The van der Waals surface area contributed by atoms with Gasteiger partial charge in [-0.05, 0) is 41.5 Å². The summed E-state index contributed by atoms with van der Waals surface area (Å²) in [5.41, 5.74) is 15.8. The Bertz CT molecular complexity index is 1260.